The number of amides is 1. The Labute approximate surface area is 108 Å². The van der Waals surface area contributed by atoms with E-state index in [0.717, 1.165) is 31.5 Å². The fraction of sp³-hybridized carbons (Fsp3) is 0.533. The lowest BCUT2D eigenvalue weighted by molar-refractivity contribution is 0.0721. The van der Waals surface area contributed by atoms with Gasteiger partial charge >= 0.3 is 0 Å². The fourth-order valence-corrected chi connectivity index (χ4v) is 2.36. The predicted molar refractivity (Wildman–Crippen MR) is 72.0 cm³/mol. The van der Waals surface area contributed by atoms with Gasteiger partial charge in [-0.05, 0) is 42.9 Å². The molecular weight excluding hydrogens is 226 g/mol. The minimum absolute atomic E-state index is 0.0393. The van der Waals surface area contributed by atoms with Gasteiger partial charge in [-0.2, -0.15) is 0 Å². The van der Waals surface area contributed by atoms with E-state index in [1.54, 1.807) is 12.1 Å². The van der Waals surface area contributed by atoms with E-state index in [1.807, 2.05) is 11.0 Å². The Bertz CT molecular complexity index is 434. The summed E-state index contributed by atoms with van der Waals surface area (Å²) in [5.41, 5.74) is 1.49. The molecule has 3 nitrogen and oxygen atoms in total. The van der Waals surface area contributed by atoms with Crippen molar-refractivity contribution >= 4 is 5.91 Å². The molecule has 1 aliphatic heterocycles. The van der Waals surface area contributed by atoms with Crippen molar-refractivity contribution in [2.24, 2.45) is 0 Å². The van der Waals surface area contributed by atoms with Crippen LogP contribution in [0.25, 0.3) is 0 Å². The molecule has 3 heteroatoms. The lowest BCUT2D eigenvalue weighted by Gasteiger charge is -2.27. The molecule has 0 atom stereocenters. The van der Waals surface area contributed by atoms with E-state index in [9.17, 15) is 9.90 Å². The first kappa shape index (κ1) is 12.9. The van der Waals surface area contributed by atoms with E-state index >= 15 is 0 Å². The van der Waals surface area contributed by atoms with Crippen molar-refractivity contribution in [3.05, 3.63) is 29.3 Å². The van der Waals surface area contributed by atoms with Crippen molar-refractivity contribution in [1.29, 1.82) is 0 Å². The first-order valence-electron chi connectivity index (χ1n) is 6.72. The van der Waals surface area contributed by atoms with E-state index in [-0.39, 0.29) is 11.7 Å². The molecule has 1 N–H and O–H groups in total. The van der Waals surface area contributed by atoms with Crippen molar-refractivity contribution < 1.29 is 9.90 Å². The van der Waals surface area contributed by atoms with Gasteiger partial charge in [0.25, 0.3) is 5.91 Å². The monoisotopic (exact) mass is 247 g/mol. The third-order valence-corrected chi connectivity index (χ3v) is 3.56. The van der Waals surface area contributed by atoms with Crippen LogP contribution in [-0.4, -0.2) is 29.0 Å². The van der Waals surface area contributed by atoms with Gasteiger partial charge in [-0.15, -0.1) is 0 Å². The number of phenols is 1. The molecule has 1 aromatic carbocycles. The number of phenolic OH excluding ortho intramolecular Hbond substituents is 1. The van der Waals surface area contributed by atoms with Crippen LogP contribution in [0.15, 0.2) is 18.2 Å². The van der Waals surface area contributed by atoms with E-state index < -0.39 is 0 Å². The highest BCUT2D eigenvalue weighted by Gasteiger charge is 2.21. The Kier molecular flexibility index (Phi) is 3.90. The van der Waals surface area contributed by atoms with Crippen LogP contribution in [0.1, 0.15) is 54.9 Å². The second-order valence-corrected chi connectivity index (χ2v) is 5.28. The zero-order valence-corrected chi connectivity index (χ0v) is 11.1. The Morgan fingerprint density at radius 2 is 1.89 bits per heavy atom. The summed E-state index contributed by atoms with van der Waals surface area (Å²) < 4.78 is 0. The van der Waals surface area contributed by atoms with Crippen LogP contribution in [-0.2, 0) is 0 Å². The smallest absolute Gasteiger partial charge is 0.257 e. The molecule has 0 unspecified atom stereocenters. The summed E-state index contributed by atoms with van der Waals surface area (Å²) in [6, 6.07) is 5.39. The largest absolute Gasteiger partial charge is 0.507 e. The van der Waals surface area contributed by atoms with Gasteiger partial charge in [0.1, 0.15) is 5.75 Å². The van der Waals surface area contributed by atoms with Gasteiger partial charge < -0.3 is 10.0 Å². The Morgan fingerprint density at radius 3 is 2.44 bits per heavy atom. The summed E-state index contributed by atoms with van der Waals surface area (Å²) >= 11 is 0. The highest BCUT2D eigenvalue weighted by Crippen LogP contribution is 2.25. The molecule has 1 aromatic rings. The number of hydrogen-bond acceptors (Lipinski definition) is 2. The number of carbonyl (C=O) groups excluding carboxylic acids is 1. The van der Waals surface area contributed by atoms with Crippen molar-refractivity contribution in [3.8, 4) is 5.75 Å². The van der Waals surface area contributed by atoms with Crippen LogP contribution < -0.4 is 0 Å². The molecule has 1 fully saturated rings. The van der Waals surface area contributed by atoms with Crippen LogP contribution in [0.4, 0.5) is 0 Å². The fourth-order valence-electron chi connectivity index (χ4n) is 2.36. The molecule has 98 valence electrons. The lowest BCUT2D eigenvalue weighted by atomic mass is 10.00. The van der Waals surface area contributed by atoms with Gasteiger partial charge in [0.15, 0.2) is 0 Å². The van der Waals surface area contributed by atoms with Gasteiger partial charge in [0, 0.05) is 13.1 Å². The topological polar surface area (TPSA) is 40.5 Å². The molecule has 0 radical (unpaired) electrons. The molecule has 1 saturated heterocycles. The van der Waals surface area contributed by atoms with Crippen LogP contribution in [0.2, 0.25) is 0 Å². The molecule has 0 aliphatic carbocycles. The summed E-state index contributed by atoms with van der Waals surface area (Å²) in [7, 11) is 0. The minimum atomic E-state index is -0.0393. The van der Waals surface area contributed by atoms with Crippen molar-refractivity contribution in [2.75, 3.05) is 13.1 Å². The second kappa shape index (κ2) is 5.42. The van der Waals surface area contributed by atoms with Gasteiger partial charge in [0.05, 0.1) is 5.56 Å². The highest BCUT2D eigenvalue weighted by atomic mass is 16.3. The maximum Gasteiger partial charge on any atom is 0.257 e. The molecular formula is C15H21NO2. The van der Waals surface area contributed by atoms with Crippen molar-refractivity contribution in [3.63, 3.8) is 0 Å². The number of aromatic hydroxyl groups is 1. The van der Waals surface area contributed by atoms with Crippen molar-refractivity contribution in [2.45, 2.75) is 39.0 Å². The Hall–Kier alpha value is -1.51. The summed E-state index contributed by atoms with van der Waals surface area (Å²) in [5, 5.41) is 9.99. The van der Waals surface area contributed by atoms with Crippen LogP contribution in [0.3, 0.4) is 0 Å². The summed E-state index contributed by atoms with van der Waals surface area (Å²) in [6.45, 7) is 5.76. The maximum atomic E-state index is 12.3. The van der Waals surface area contributed by atoms with Crippen LogP contribution in [0, 0.1) is 0 Å². The van der Waals surface area contributed by atoms with Gasteiger partial charge in [-0.3, -0.25) is 4.79 Å². The molecule has 1 aliphatic rings. The van der Waals surface area contributed by atoms with Crippen molar-refractivity contribution in [1.82, 2.24) is 4.90 Å². The molecule has 1 amide bonds. The quantitative estimate of drug-likeness (QED) is 0.872. The average molecular weight is 247 g/mol. The Balaban J connectivity index is 2.19. The van der Waals surface area contributed by atoms with Gasteiger partial charge in [0.2, 0.25) is 0 Å². The van der Waals surface area contributed by atoms with Gasteiger partial charge in [-0.25, -0.2) is 0 Å². The zero-order chi connectivity index (χ0) is 13.1. The number of likely N-dealkylation sites (tertiary alicyclic amines) is 1. The number of carbonyl (C=O) groups is 1. The molecule has 18 heavy (non-hydrogen) atoms. The first-order chi connectivity index (χ1) is 8.59. The minimum Gasteiger partial charge on any atom is -0.507 e. The summed E-state index contributed by atoms with van der Waals surface area (Å²) in [6.07, 6.45) is 3.33. The molecule has 2 rings (SSSR count). The zero-order valence-electron chi connectivity index (χ0n) is 11.1. The third kappa shape index (κ3) is 2.66. The number of benzene rings is 1. The maximum absolute atomic E-state index is 12.3. The lowest BCUT2D eigenvalue weighted by Crippen LogP contribution is -2.35. The van der Waals surface area contributed by atoms with E-state index in [0.29, 0.717) is 11.5 Å². The molecule has 0 aromatic heterocycles. The van der Waals surface area contributed by atoms with E-state index in [2.05, 4.69) is 13.8 Å². The number of nitrogens with zero attached hydrogens (tertiary/aromatic N) is 1. The predicted octanol–water partition coefficient (Wildman–Crippen LogP) is 3.14. The first-order valence-corrected chi connectivity index (χ1v) is 6.72. The Morgan fingerprint density at radius 1 is 1.22 bits per heavy atom. The standard InChI is InChI=1S/C15H21NO2/c1-11(2)12-6-7-13(14(17)10-12)15(18)16-8-4-3-5-9-16/h6-7,10-11,17H,3-5,8-9H2,1-2H3. The molecule has 0 spiro atoms. The normalized spacial score (nSPS) is 16.1. The number of hydrogen-bond donors (Lipinski definition) is 1. The average Bonchev–Trinajstić information content (AvgIpc) is 2.38. The highest BCUT2D eigenvalue weighted by molar-refractivity contribution is 5.97. The third-order valence-electron chi connectivity index (χ3n) is 3.56. The summed E-state index contributed by atoms with van der Waals surface area (Å²) in [4.78, 5) is 14.1. The molecule has 0 bridgehead atoms. The SMILES string of the molecule is CC(C)c1ccc(C(=O)N2CCCCC2)c(O)c1. The van der Waals surface area contributed by atoms with E-state index in [1.165, 1.54) is 6.42 Å². The number of piperidine rings is 1. The van der Waals surface area contributed by atoms with E-state index in [4.69, 9.17) is 0 Å². The summed E-state index contributed by atoms with van der Waals surface area (Å²) in [5.74, 6) is 0.425. The van der Waals surface area contributed by atoms with Crippen LogP contribution >= 0.6 is 0 Å². The van der Waals surface area contributed by atoms with Crippen LogP contribution in [0.5, 0.6) is 5.75 Å². The molecule has 1 heterocycles. The molecule has 0 saturated carbocycles. The van der Waals surface area contributed by atoms with Gasteiger partial charge in [-0.1, -0.05) is 19.9 Å². The number of rotatable bonds is 2. The second-order valence-electron chi connectivity index (χ2n) is 5.28.